The minimum absolute atomic E-state index is 0.0499. The van der Waals surface area contributed by atoms with Crippen molar-refractivity contribution in [1.82, 2.24) is 10.2 Å². The van der Waals surface area contributed by atoms with E-state index in [1.165, 1.54) is 0 Å². The van der Waals surface area contributed by atoms with Gasteiger partial charge in [0.05, 0.1) is 12.0 Å². The van der Waals surface area contributed by atoms with E-state index >= 15 is 0 Å². The van der Waals surface area contributed by atoms with Gasteiger partial charge in [-0.15, -0.1) is 12.3 Å². The molecule has 2 heterocycles. The fourth-order valence-electron chi connectivity index (χ4n) is 9.97. The molecule has 4 saturated carbocycles. The van der Waals surface area contributed by atoms with Crippen LogP contribution >= 0.6 is 0 Å². The lowest BCUT2D eigenvalue weighted by molar-refractivity contribution is -0.163. The quantitative estimate of drug-likeness (QED) is 0.581. The van der Waals surface area contributed by atoms with Gasteiger partial charge < -0.3 is 14.4 Å². The molecular formula is C30H42N2O5. The van der Waals surface area contributed by atoms with Crippen LogP contribution in [0.4, 0.5) is 4.79 Å². The third-order valence-electron chi connectivity index (χ3n) is 12.3. The van der Waals surface area contributed by atoms with Crippen molar-refractivity contribution in [2.24, 2.45) is 51.8 Å². The number of ether oxygens (including phenoxy) is 2. The van der Waals surface area contributed by atoms with E-state index < -0.39 is 17.6 Å². The number of terminal acetylenes is 1. The molecule has 2 saturated heterocycles. The van der Waals surface area contributed by atoms with Gasteiger partial charge in [-0.2, -0.15) is 0 Å². The van der Waals surface area contributed by atoms with Crippen LogP contribution in [0.1, 0.15) is 65.7 Å². The Labute approximate surface area is 220 Å². The van der Waals surface area contributed by atoms with Gasteiger partial charge in [0.2, 0.25) is 5.91 Å². The van der Waals surface area contributed by atoms with E-state index in [1.54, 1.807) is 7.11 Å². The van der Waals surface area contributed by atoms with Crippen LogP contribution in [0, 0.1) is 64.1 Å². The van der Waals surface area contributed by atoms with Gasteiger partial charge in [-0.1, -0.05) is 20.8 Å². The summed E-state index contributed by atoms with van der Waals surface area (Å²) in [6.07, 6.45) is 11.1. The molecule has 4 unspecified atom stereocenters. The smallest absolute Gasteiger partial charge is 0.414 e. The molecule has 6 fully saturated rings. The number of piperidine rings is 1. The average molecular weight is 511 g/mol. The number of imide groups is 1. The van der Waals surface area contributed by atoms with Crippen LogP contribution in [-0.2, 0) is 19.1 Å². The van der Waals surface area contributed by atoms with Gasteiger partial charge in [-0.3, -0.25) is 14.9 Å². The standard InChI is InChI=1S/C30H42N2O5/c1-6-17(2)28(4)14-23(37-27(35)31-26(34)21-16-32-12-9-19(21)15-32)30-13-20(30)7-10-29(18(3)25(28)33)11-8-22(36-5)24(29)30/h1,17-24H,7-16H2,2-5H3,(H,31,34,35)/t17?,18-,19+,20-,21-,22+,23+,24?,28-,29?,30-/m0/s1. The van der Waals surface area contributed by atoms with Gasteiger partial charge in [-0.05, 0) is 68.7 Å². The molecule has 7 heteroatoms. The van der Waals surface area contributed by atoms with Crippen molar-refractivity contribution in [2.45, 2.75) is 77.9 Å². The van der Waals surface area contributed by atoms with E-state index in [-0.39, 0.29) is 52.3 Å². The van der Waals surface area contributed by atoms with Crippen LogP contribution in [0.2, 0.25) is 0 Å². The summed E-state index contributed by atoms with van der Waals surface area (Å²) in [7, 11) is 1.77. The number of nitrogens with one attached hydrogen (secondary N) is 1. The highest BCUT2D eigenvalue weighted by molar-refractivity contribution is 5.94. The molecule has 4 aliphatic carbocycles. The fourth-order valence-corrected chi connectivity index (χ4v) is 9.97. The van der Waals surface area contributed by atoms with Crippen LogP contribution in [0.15, 0.2) is 0 Å². The van der Waals surface area contributed by atoms with E-state index in [9.17, 15) is 14.4 Å². The summed E-state index contributed by atoms with van der Waals surface area (Å²) in [5, 5.41) is 2.59. The number of amides is 2. The van der Waals surface area contributed by atoms with Gasteiger partial charge in [0.15, 0.2) is 0 Å². The molecule has 0 aromatic heterocycles. The van der Waals surface area contributed by atoms with Crippen LogP contribution in [0.5, 0.6) is 0 Å². The highest BCUT2D eigenvalue weighted by Crippen LogP contribution is 2.78. The van der Waals surface area contributed by atoms with Crippen LogP contribution < -0.4 is 5.32 Å². The normalized spacial score (nSPS) is 50.2. The Kier molecular flexibility index (Phi) is 5.86. The largest absolute Gasteiger partial charge is 0.445 e. The number of ketones is 1. The zero-order valence-corrected chi connectivity index (χ0v) is 22.8. The Morgan fingerprint density at radius 1 is 1.19 bits per heavy atom. The summed E-state index contributed by atoms with van der Waals surface area (Å²) in [5.74, 6) is 3.16. The predicted octanol–water partition coefficient (Wildman–Crippen LogP) is 3.66. The lowest BCUT2D eigenvalue weighted by Crippen LogP contribution is -2.59. The maximum atomic E-state index is 14.3. The molecular weight excluding hydrogens is 468 g/mol. The first kappa shape index (κ1) is 25.4. The van der Waals surface area contributed by atoms with Gasteiger partial charge >= 0.3 is 6.09 Å². The molecule has 202 valence electrons. The number of hydrogen-bond donors (Lipinski definition) is 1. The van der Waals surface area contributed by atoms with E-state index in [0.717, 1.165) is 51.6 Å². The Hall–Kier alpha value is -1.91. The number of hydrogen-bond acceptors (Lipinski definition) is 6. The van der Waals surface area contributed by atoms with Crippen LogP contribution in [0.25, 0.3) is 0 Å². The molecule has 0 aromatic carbocycles. The second-order valence-corrected chi connectivity index (χ2v) is 13.5. The number of carbonyl (C=O) groups excluding carboxylic acids is 3. The molecule has 1 N–H and O–H groups in total. The molecule has 7 nitrogen and oxygen atoms in total. The van der Waals surface area contributed by atoms with Crippen molar-refractivity contribution in [2.75, 3.05) is 26.7 Å². The van der Waals surface area contributed by atoms with Gasteiger partial charge in [0.1, 0.15) is 11.9 Å². The average Bonchev–Trinajstić information content (AvgIpc) is 3.20. The summed E-state index contributed by atoms with van der Waals surface area (Å²) in [6, 6.07) is 0. The topological polar surface area (TPSA) is 84.9 Å². The number of nitrogens with zero attached hydrogens (tertiary/aromatic N) is 1. The van der Waals surface area contributed by atoms with Crippen molar-refractivity contribution in [3.63, 3.8) is 0 Å². The third-order valence-corrected chi connectivity index (χ3v) is 12.3. The Morgan fingerprint density at radius 3 is 2.59 bits per heavy atom. The molecule has 6 aliphatic rings. The number of fused-ring (bicyclic) bond motifs is 2. The van der Waals surface area contributed by atoms with Gasteiger partial charge in [0, 0.05) is 48.8 Å². The van der Waals surface area contributed by atoms with Gasteiger partial charge in [0.25, 0.3) is 0 Å². The second-order valence-electron chi connectivity index (χ2n) is 13.5. The maximum Gasteiger partial charge on any atom is 0.414 e. The molecule has 1 spiro atoms. The monoisotopic (exact) mass is 510 g/mol. The second kappa shape index (κ2) is 8.55. The van der Waals surface area contributed by atoms with E-state index in [0.29, 0.717) is 24.8 Å². The molecule has 2 aliphatic heterocycles. The number of methoxy groups -OCH3 is 1. The molecule has 2 amide bonds. The predicted molar refractivity (Wildman–Crippen MR) is 137 cm³/mol. The Bertz CT molecular complexity index is 1050. The number of Topliss-reactive ketones (excluding diaryl/α,β-unsaturated/α-hetero) is 1. The Balaban J connectivity index is 1.33. The van der Waals surface area contributed by atoms with E-state index in [1.807, 2.05) is 13.8 Å². The first-order valence-electron chi connectivity index (χ1n) is 14.4. The lowest BCUT2D eigenvalue weighted by Gasteiger charge is -2.55. The molecule has 12 atom stereocenters. The highest BCUT2D eigenvalue weighted by atomic mass is 16.6. The SMILES string of the molecule is C#CC(C)[C@]1(C)C[C@@H](OC(=O)NC(=O)[C@H]2CN3CC[C@@H]2C3)[C@]23C[C@@H]2CCC2(CC[C@@H](OC)C23)[C@@H](C)C1=O. The molecule has 6 rings (SSSR count). The molecule has 0 aromatic rings. The first-order chi connectivity index (χ1) is 17.6. The summed E-state index contributed by atoms with van der Waals surface area (Å²) in [5.41, 5.74) is -1.19. The molecule has 0 radical (unpaired) electrons. The summed E-state index contributed by atoms with van der Waals surface area (Å²) < 4.78 is 12.3. The molecule has 4 bridgehead atoms. The van der Waals surface area contributed by atoms with Crippen molar-refractivity contribution in [3.8, 4) is 12.3 Å². The zero-order chi connectivity index (χ0) is 26.3. The van der Waals surface area contributed by atoms with E-state index in [2.05, 4.69) is 23.1 Å². The summed E-state index contributed by atoms with van der Waals surface area (Å²) >= 11 is 0. The number of carbonyl (C=O) groups is 3. The molecule has 37 heavy (non-hydrogen) atoms. The van der Waals surface area contributed by atoms with Crippen LogP contribution in [0.3, 0.4) is 0 Å². The van der Waals surface area contributed by atoms with Gasteiger partial charge in [-0.25, -0.2) is 4.79 Å². The summed E-state index contributed by atoms with van der Waals surface area (Å²) in [4.78, 5) is 42.9. The first-order valence-corrected chi connectivity index (χ1v) is 14.4. The maximum absolute atomic E-state index is 14.3. The van der Waals surface area contributed by atoms with E-state index in [4.69, 9.17) is 15.9 Å². The van der Waals surface area contributed by atoms with Crippen LogP contribution in [-0.4, -0.2) is 61.6 Å². The fraction of sp³-hybridized carbons (Fsp3) is 0.833. The number of rotatable bonds is 4. The summed E-state index contributed by atoms with van der Waals surface area (Å²) in [6.45, 7) is 8.71. The van der Waals surface area contributed by atoms with Crippen molar-refractivity contribution in [1.29, 1.82) is 0 Å². The lowest BCUT2D eigenvalue weighted by atomic mass is 9.49. The Morgan fingerprint density at radius 2 is 1.95 bits per heavy atom. The van der Waals surface area contributed by atoms with Crippen molar-refractivity contribution in [3.05, 3.63) is 0 Å². The number of alkyl carbamates (subject to hydrolysis) is 1. The third kappa shape index (κ3) is 3.44. The minimum Gasteiger partial charge on any atom is -0.445 e. The van der Waals surface area contributed by atoms with Crippen molar-refractivity contribution < 1.29 is 23.9 Å². The minimum atomic E-state index is -0.804. The zero-order valence-electron chi connectivity index (χ0n) is 22.8. The van der Waals surface area contributed by atoms with Crippen molar-refractivity contribution >= 4 is 17.8 Å². The highest BCUT2D eigenvalue weighted by Gasteiger charge is 2.77.